The number of anilines is 2. The SMILES string of the molecule is CS(=O)(=O)c1cccc(NC(=O)c2cc(C(F)(F)F)cnc2N2CCCC(F)(F)C2)c1. The molecule has 12 heteroatoms. The van der Waals surface area contributed by atoms with Gasteiger partial charge in [-0.05, 0) is 30.7 Å². The Bertz CT molecular complexity index is 1100. The lowest BCUT2D eigenvalue weighted by Crippen LogP contribution is -2.43. The number of carbonyl (C=O) groups is 1. The van der Waals surface area contributed by atoms with Crippen molar-refractivity contribution in [3.63, 3.8) is 0 Å². The van der Waals surface area contributed by atoms with E-state index in [0.29, 0.717) is 12.3 Å². The number of nitrogens with one attached hydrogen (secondary N) is 1. The van der Waals surface area contributed by atoms with E-state index in [2.05, 4.69) is 10.3 Å². The summed E-state index contributed by atoms with van der Waals surface area (Å²) in [6.07, 6.45) is -3.65. The van der Waals surface area contributed by atoms with Gasteiger partial charge in [-0.25, -0.2) is 22.2 Å². The summed E-state index contributed by atoms with van der Waals surface area (Å²) in [5.74, 6) is -4.41. The molecule has 1 aromatic carbocycles. The van der Waals surface area contributed by atoms with E-state index in [9.17, 15) is 35.2 Å². The van der Waals surface area contributed by atoms with Gasteiger partial charge in [0.2, 0.25) is 0 Å². The number of hydrogen-bond acceptors (Lipinski definition) is 5. The van der Waals surface area contributed by atoms with Crippen LogP contribution in [0.2, 0.25) is 0 Å². The topological polar surface area (TPSA) is 79.4 Å². The second-order valence-corrected chi connectivity index (χ2v) is 9.24. The van der Waals surface area contributed by atoms with Gasteiger partial charge in [0.1, 0.15) is 5.82 Å². The Morgan fingerprint density at radius 3 is 2.55 bits per heavy atom. The minimum Gasteiger partial charge on any atom is -0.350 e. The predicted molar refractivity (Wildman–Crippen MR) is 103 cm³/mol. The van der Waals surface area contributed by atoms with Crippen LogP contribution in [0.4, 0.5) is 33.5 Å². The average Bonchev–Trinajstić information content (AvgIpc) is 2.65. The van der Waals surface area contributed by atoms with Gasteiger partial charge in [0.05, 0.1) is 22.6 Å². The monoisotopic (exact) mass is 463 g/mol. The second kappa shape index (κ2) is 8.06. The summed E-state index contributed by atoms with van der Waals surface area (Å²) in [5.41, 5.74) is -1.74. The fourth-order valence-corrected chi connectivity index (χ4v) is 3.85. The van der Waals surface area contributed by atoms with Crippen LogP contribution in [0.1, 0.15) is 28.8 Å². The molecule has 1 amide bonds. The van der Waals surface area contributed by atoms with Crippen LogP contribution in [0, 0.1) is 0 Å². The van der Waals surface area contributed by atoms with E-state index in [0.717, 1.165) is 17.2 Å². The van der Waals surface area contributed by atoms with Gasteiger partial charge in [0, 0.05) is 31.1 Å². The molecule has 0 aliphatic carbocycles. The van der Waals surface area contributed by atoms with Crippen LogP contribution in [0.25, 0.3) is 0 Å². The molecular formula is C19H18F5N3O3S. The summed E-state index contributed by atoms with van der Waals surface area (Å²) in [6.45, 7) is -0.687. The lowest BCUT2D eigenvalue weighted by atomic mass is 10.1. The number of halogens is 5. The molecule has 1 fully saturated rings. The van der Waals surface area contributed by atoms with Gasteiger partial charge in [0.15, 0.2) is 9.84 Å². The molecule has 0 atom stereocenters. The molecule has 31 heavy (non-hydrogen) atoms. The molecule has 0 spiro atoms. The number of nitrogens with zero attached hydrogens (tertiary/aromatic N) is 2. The summed E-state index contributed by atoms with van der Waals surface area (Å²) in [4.78, 5) is 17.4. The minimum absolute atomic E-state index is 0.0141. The number of sulfone groups is 1. The number of hydrogen-bond donors (Lipinski definition) is 1. The lowest BCUT2D eigenvalue weighted by Gasteiger charge is -2.34. The van der Waals surface area contributed by atoms with Crippen molar-refractivity contribution in [2.45, 2.75) is 29.8 Å². The number of pyridine rings is 1. The molecule has 168 valence electrons. The highest BCUT2D eigenvalue weighted by Gasteiger charge is 2.38. The van der Waals surface area contributed by atoms with Crippen LogP contribution >= 0.6 is 0 Å². The standard InChI is InChI=1S/C19H18F5N3O3S/c1-31(29,30)14-5-2-4-13(9-14)26-17(28)15-8-12(19(22,23)24)10-25-16(15)27-7-3-6-18(20,21)11-27/h2,4-5,8-10H,3,6-7,11H2,1H3,(H,26,28). The largest absolute Gasteiger partial charge is 0.417 e. The molecule has 0 radical (unpaired) electrons. The molecule has 1 saturated heterocycles. The van der Waals surface area contributed by atoms with E-state index in [-0.39, 0.29) is 35.8 Å². The third kappa shape index (κ3) is 5.49. The highest BCUT2D eigenvalue weighted by molar-refractivity contribution is 7.90. The van der Waals surface area contributed by atoms with Gasteiger partial charge >= 0.3 is 6.18 Å². The van der Waals surface area contributed by atoms with Gasteiger partial charge in [0.25, 0.3) is 11.8 Å². The number of amides is 1. The highest BCUT2D eigenvalue weighted by Crippen LogP contribution is 2.35. The van der Waals surface area contributed by atoms with Crippen molar-refractivity contribution in [3.05, 3.63) is 47.7 Å². The Labute approximate surface area is 175 Å². The van der Waals surface area contributed by atoms with Crippen LogP contribution in [-0.2, 0) is 16.0 Å². The zero-order valence-electron chi connectivity index (χ0n) is 16.2. The summed E-state index contributed by atoms with van der Waals surface area (Å²) < 4.78 is 90.6. The maximum absolute atomic E-state index is 13.8. The highest BCUT2D eigenvalue weighted by atomic mass is 32.2. The Hall–Kier alpha value is -2.76. The molecular weight excluding hydrogens is 445 g/mol. The molecule has 0 saturated carbocycles. The first-order valence-corrected chi connectivity index (χ1v) is 11.0. The number of alkyl halides is 5. The number of aromatic nitrogens is 1. The number of rotatable bonds is 4. The van der Waals surface area contributed by atoms with Crippen molar-refractivity contribution in [2.24, 2.45) is 0 Å². The van der Waals surface area contributed by atoms with E-state index in [4.69, 9.17) is 0 Å². The Morgan fingerprint density at radius 1 is 1.23 bits per heavy atom. The molecule has 1 aliphatic heterocycles. The normalized spacial score (nSPS) is 16.8. The van der Waals surface area contributed by atoms with Crippen molar-refractivity contribution >= 4 is 27.2 Å². The quantitative estimate of drug-likeness (QED) is 0.694. The van der Waals surface area contributed by atoms with Gasteiger partial charge in [-0.3, -0.25) is 4.79 Å². The van der Waals surface area contributed by atoms with Gasteiger partial charge < -0.3 is 10.2 Å². The molecule has 0 bridgehead atoms. The zero-order chi connectivity index (χ0) is 23.0. The van der Waals surface area contributed by atoms with E-state index in [1.54, 1.807) is 0 Å². The van der Waals surface area contributed by atoms with Gasteiger partial charge in [-0.15, -0.1) is 0 Å². The third-order valence-electron chi connectivity index (χ3n) is 4.65. The number of piperidine rings is 1. The molecule has 2 heterocycles. The van der Waals surface area contributed by atoms with E-state index >= 15 is 0 Å². The van der Waals surface area contributed by atoms with E-state index < -0.39 is 45.5 Å². The molecule has 6 nitrogen and oxygen atoms in total. The van der Waals surface area contributed by atoms with Crippen LogP contribution in [0.5, 0.6) is 0 Å². The first-order valence-electron chi connectivity index (χ1n) is 9.08. The predicted octanol–water partition coefficient (Wildman–Crippen LogP) is 3.99. The summed E-state index contributed by atoms with van der Waals surface area (Å²) in [5, 5.41) is 2.32. The molecule has 1 N–H and O–H groups in total. The lowest BCUT2D eigenvalue weighted by molar-refractivity contribution is -0.137. The molecule has 1 aliphatic rings. The van der Waals surface area contributed by atoms with Crippen LogP contribution in [0.15, 0.2) is 41.4 Å². The molecule has 0 unspecified atom stereocenters. The second-order valence-electron chi connectivity index (χ2n) is 7.23. The summed E-state index contributed by atoms with van der Waals surface area (Å²) in [6, 6.07) is 5.68. The van der Waals surface area contributed by atoms with Crippen molar-refractivity contribution in [1.29, 1.82) is 0 Å². The van der Waals surface area contributed by atoms with Crippen LogP contribution in [0.3, 0.4) is 0 Å². The van der Waals surface area contributed by atoms with E-state index in [1.165, 1.54) is 18.2 Å². The Kier molecular flexibility index (Phi) is 5.96. The summed E-state index contributed by atoms with van der Waals surface area (Å²) >= 11 is 0. The average molecular weight is 463 g/mol. The van der Waals surface area contributed by atoms with Crippen molar-refractivity contribution in [3.8, 4) is 0 Å². The first-order chi connectivity index (χ1) is 14.3. The maximum atomic E-state index is 13.8. The fraction of sp³-hybridized carbons (Fsp3) is 0.368. The number of carbonyl (C=O) groups excluding carboxylic acids is 1. The minimum atomic E-state index is -4.80. The Morgan fingerprint density at radius 2 is 1.94 bits per heavy atom. The van der Waals surface area contributed by atoms with Crippen molar-refractivity contribution in [2.75, 3.05) is 29.6 Å². The van der Waals surface area contributed by atoms with Crippen molar-refractivity contribution in [1.82, 2.24) is 4.98 Å². The van der Waals surface area contributed by atoms with Gasteiger partial charge in [-0.2, -0.15) is 13.2 Å². The van der Waals surface area contributed by atoms with Crippen LogP contribution in [-0.4, -0.2) is 44.6 Å². The molecule has 1 aromatic heterocycles. The van der Waals surface area contributed by atoms with Gasteiger partial charge in [-0.1, -0.05) is 6.07 Å². The molecule has 3 rings (SSSR count). The number of benzene rings is 1. The van der Waals surface area contributed by atoms with Crippen LogP contribution < -0.4 is 10.2 Å². The van der Waals surface area contributed by atoms with Crippen molar-refractivity contribution < 1.29 is 35.2 Å². The Balaban J connectivity index is 2.00. The maximum Gasteiger partial charge on any atom is 0.417 e. The smallest absolute Gasteiger partial charge is 0.350 e. The summed E-state index contributed by atoms with van der Waals surface area (Å²) in [7, 11) is -3.59. The zero-order valence-corrected chi connectivity index (χ0v) is 17.0. The third-order valence-corrected chi connectivity index (χ3v) is 5.76. The fourth-order valence-electron chi connectivity index (χ4n) is 3.18. The van der Waals surface area contributed by atoms with E-state index in [1.807, 2.05) is 0 Å². The first kappa shape index (κ1) is 22.9. The molecule has 2 aromatic rings.